The number of carbonyl (C=O) groups is 2. The van der Waals surface area contributed by atoms with Gasteiger partial charge in [-0.15, -0.1) is 0 Å². The number of nitrogens with one attached hydrogen (secondary N) is 1. The number of benzene rings is 2. The van der Waals surface area contributed by atoms with Crippen LogP contribution in [-0.2, 0) is 27.0 Å². The van der Waals surface area contributed by atoms with E-state index in [0.29, 0.717) is 16.7 Å². The summed E-state index contributed by atoms with van der Waals surface area (Å²) in [7, 11) is 0. The van der Waals surface area contributed by atoms with Crippen molar-refractivity contribution in [2.75, 3.05) is 17.6 Å². The summed E-state index contributed by atoms with van der Waals surface area (Å²) in [6, 6.07) is 9.82. The number of hydroxylamine groups is 2. The summed E-state index contributed by atoms with van der Waals surface area (Å²) in [6.45, 7) is 2.79. The molecule has 0 heterocycles. The Morgan fingerprint density at radius 2 is 1.65 bits per heavy atom. The number of hydrogen-bond donors (Lipinski definition) is 2. The van der Waals surface area contributed by atoms with E-state index in [4.69, 9.17) is 5.73 Å². The topological polar surface area (TPSA) is 84.7 Å². The molecule has 3 N–H and O–H groups in total. The number of amides is 1. The molecule has 0 fully saturated rings. The molecule has 0 aromatic heterocycles. The average molecular weight is 491 g/mol. The molecule has 1 amide bonds. The molecule has 0 aliphatic heterocycles. The fraction of sp³-hybridized carbons (Fsp3) is 0.364. The monoisotopic (exact) mass is 491 g/mol. The first-order valence-electron chi connectivity index (χ1n) is 10.0. The quantitative estimate of drug-likeness (QED) is 0.330. The SMILES string of the molecule is CC(C)[C@H](CN(OC(=O)C(F)(F)F)C(=O)Cc1ccccc1)Nc1ccc(C(F)(F)F)cc1N. The molecule has 0 aliphatic carbocycles. The zero-order valence-corrected chi connectivity index (χ0v) is 18.2. The van der Waals surface area contributed by atoms with E-state index in [1.807, 2.05) is 0 Å². The highest BCUT2D eigenvalue weighted by atomic mass is 19.4. The first-order chi connectivity index (χ1) is 15.7. The highest BCUT2D eigenvalue weighted by molar-refractivity contribution is 5.81. The van der Waals surface area contributed by atoms with Gasteiger partial charge in [0.25, 0.3) is 5.91 Å². The summed E-state index contributed by atoms with van der Waals surface area (Å²) in [6.07, 6.45) is -10.3. The van der Waals surface area contributed by atoms with Gasteiger partial charge in [0, 0.05) is 6.04 Å². The fourth-order valence-corrected chi connectivity index (χ4v) is 2.87. The maximum Gasteiger partial charge on any atom is 0.493 e. The van der Waals surface area contributed by atoms with Crippen molar-refractivity contribution in [3.63, 3.8) is 0 Å². The molecule has 2 aromatic rings. The van der Waals surface area contributed by atoms with Crippen LogP contribution in [0.4, 0.5) is 37.7 Å². The maximum atomic E-state index is 12.9. The lowest BCUT2D eigenvalue weighted by Gasteiger charge is -2.30. The van der Waals surface area contributed by atoms with E-state index >= 15 is 0 Å². The molecule has 186 valence electrons. The number of carbonyl (C=O) groups excluding carboxylic acids is 2. The summed E-state index contributed by atoms with van der Waals surface area (Å²) >= 11 is 0. The van der Waals surface area contributed by atoms with Crippen LogP contribution >= 0.6 is 0 Å². The highest BCUT2D eigenvalue weighted by Crippen LogP contribution is 2.33. The van der Waals surface area contributed by atoms with Crippen molar-refractivity contribution in [1.29, 1.82) is 0 Å². The van der Waals surface area contributed by atoms with Gasteiger partial charge in [0.1, 0.15) is 0 Å². The van der Waals surface area contributed by atoms with Gasteiger partial charge < -0.3 is 15.9 Å². The van der Waals surface area contributed by atoms with Crippen molar-refractivity contribution in [1.82, 2.24) is 5.06 Å². The molecule has 0 spiro atoms. The summed E-state index contributed by atoms with van der Waals surface area (Å²) in [4.78, 5) is 28.5. The molecule has 1 atom stereocenters. The number of alkyl halides is 6. The fourth-order valence-electron chi connectivity index (χ4n) is 2.87. The Labute approximate surface area is 191 Å². The third-order valence-electron chi connectivity index (χ3n) is 4.79. The van der Waals surface area contributed by atoms with E-state index in [2.05, 4.69) is 10.2 Å². The minimum Gasteiger partial charge on any atom is -0.397 e. The van der Waals surface area contributed by atoms with E-state index in [-0.39, 0.29) is 23.7 Å². The Morgan fingerprint density at radius 1 is 1.03 bits per heavy atom. The third kappa shape index (κ3) is 7.56. The van der Waals surface area contributed by atoms with Gasteiger partial charge in [0.05, 0.1) is 29.9 Å². The van der Waals surface area contributed by atoms with Crippen LogP contribution in [0.5, 0.6) is 0 Å². The van der Waals surface area contributed by atoms with Crippen molar-refractivity contribution in [3.05, 3.63) is 59.7 Å². The smallest absolute Gasteiger partial charge is 0.397 e. The van der Waals surface area contributed by atoms with Gasteiger partial charge in [-0.1, -0.05) is 44.2 Å². The standard InChI is InChI=1S/C22H23F6N3O3/c1-13(2)18(30-17-9-8-15(11-16(17)29)21(23,24)25)12-31(34-20(33)22(26,27)28)19(32)10-14-6-4-3-5-7-14/h3-9,11,13,18,30H,10,12,29H2,1-2H3/t18-/m0/s1. The van der Waals surface area contributed by atoms with Crippen LogP contribution in [0.15, 0.2) is 48.5 Å². The molecule has 12 heteroatoms. The minimum atomic E-state index is -5.34. The van der Waals surface area contributed by atoms with E-state index in [9.17, 15) is 35.9 Å². The first-order valence-corrected chi connectivity index (χ1v) is 10.0. The number of nitrogens with two attached hydrogens (primary N) is 1. The molecule has 0 radical (unpaired) electrons. The number of nitrogens with zero attached hydrogens (tertiary/aromatic N) is 1. The van der Waals surface area contributed by atoms with Gasteiger partial charge in [-0.25, -0.2) is 4.79 Å². The third-order valence-corrected chi connectivity index (χ3v) is 4.79. The second-order valence-electron chi connectivity index (χ2n) is 7.79. The first kappa shape index (κ1) is 26.8. The molecule has 0 aliphatic rings. The highest BCUT2D eigenvalue weighted by Gasteiger charge is 2.43. The summed E-state index contributed by atoms with van der Waals surface area (Å²) in [5.74, 6) is -3.86. The number of nitrogen functional groups attached to an aromatic ring is 1. The van der Waals surface area contributed by atoms with E-state index in [1.54, 1.807) is 44.2 Å². The molecular formula is C22H23F6N3O3. The van der Waals surface area contributed by atoms with Crippen molar-refractivity contribution >= 4 is 23.3 Å². The molecule has 34 heavy (non-hydrogen) atoms. The van der Waals surface area contributed by atoms with Crippen LogP contribution in [0.2, 0.25) is 0 Å². The van der Waals surface area contributed by atoms with E-state index in [0.717, 1.165) is 12.1 Å². The van der Waals surface area contributed by atoms with Crippen LogP contribution < -0.4 is 11.1 Å². The summed E-state index contributed by atoms with van der Waals surface area (Å²) < 4.78 is 77.0. The zero-order chi connectivity index (χ0) is 25.7. The Balaban J connectivity index is 2.27. The second-order valence-corrected chi connectivity index (χ2v) is 7.79. The van der Waals surface area contributed by atoms with Gasteiger partial charge in [0.15, 0.2) is 0 Å². The predicted molar refractivity (Wildman–Crippen MR) is 112 cm³/mol. The average Bonchev–Trinajstić information content (AvgIpc) is 2.72. The normalized spacial score (nSPS) is 12.9. The molecule has 0 saturated carbocycles. The van der Waals surface area contributed by atoms with Crippen LogP contribution in [0.3, 0.4) is 0 Å². The van der Waals surface area contributed by atoms with E-state index in [1.165, 1.54) is 0 Å². The van der Waals surface area contributed by atoms with Crippen LogP contribution in [0, 0.1) is 5.92 Å². The molecule has 0 saturated heterocycles. The minimum absolute atomic E-state index is 0.0734. The number of anilines is 2. The van der Waals surface area contributed by atoms with Gasteiger partial charge in [-0.3, -0.25) is 4.79 Å². The second kappa shape index (κ2) is 10.7. The molecule has 0 bridgehead atoms. The lowest BCUT2D eigenvalue weighted by Crippen LogP contribution is -2.46. The summed E-state index contributed by atoms with van der Waals surface area (Å²) in [5.41, 5.74) is 5.04. The van der Waals surface area contributed by atoms with Crippen molar-refractivity contribution in [2.24, 2.45) is 5.92 Å². The number of halogens is 6. The van der Waals surface area contributed by atoms with Gasteiger partial charge >= 0.3 is 18.3 Å². The molecule has 2 aromatic carbocycles. The summed E-state index contributed by atoms with van der Waals surface area (Å²) in [5, 5.41) is 3.13. The Kier molecular flexibility index (Phi) is 8.41. The molecule has 6 nitrogen and oxygen atoms in total. The van der Waals surface area contributed by atoms with Crippen molar-refractivity contribution in [3.8, 4) is 0 Å². The molecular weight excluding hydrogens is 468 g/mol. The lowest BCUT2D eigenvalue weighted by molar-refractivity contribution is -0.237. The largest absolute Gasteiger partial charge is 0.493 e. The van der Waals surface area contributed by atoms with Crippen LogP contribution in [-0.4, -0.2) is 35.7 Å². The molecule has 0 unspecified atom stereocenters. The van der Waals surface area contributed by atoms with Gasteiger partial charge in [0.2, 0.25) is 0 Å². The van der Waals surface area contributed by atoms with Crippen LogP contribution in [0.1, 0.15) is 25.0 Å². The number of rotatable bonds is 7. The predicted octanol–water partition coefficient (Wildman–Crippen LogP) is 4.82. The van der Waals surface area contributed by atoms with Gasteiger partial charge in [-0.2, -0.15) is 31.4 Å². The Morgan fingerprint density at radius 3 is 2.15 bits per heavy atom. The Bertz CT molecular complexity index is 994. The number of hydrogen-bond acceptors (Lipinski definition) is 5. The van der Waals surface area contributed by atoms with Crippen LogP contribution in [0.25, 0.3) is 0 Å². The van der Waals surface area contributed by atoms with E-state index < -0.39 is 42.4 Å². The Hall–Kier alpha value is -3.44. The maximum absolute atomic E-state index is 12.9. The van der Waals surface area contributed by atoms with Crippen molar-refractivity contribution < 1.29 is 40.8 Å². The lowest BCUT2D eigenvalue weighted by atomic mass is 10.0. The van der Waals surface area contributed by atoms with Gasteiger partial charge in [-0.05, 0) is 29.7 Å². The van der Waals surface area contributed by atoms with Crippen molar-refractivity contribution in [2.45, 2.75) is 38.7 Å². The zero-order valence-electron chi connectivity index (χ0n) is 18.2. The molecule has 2 rings (SSSR count).